The van der Waals surface area contributed by atoms with Gasteiger partial charge in [0.05, 0.1) is 0 Å². The number of hydrogen-bond acceptors (Lipinski definition) is 4. The summed E-state index contributed by atoms with van der Waals surface area (Å²) < 4.78 is 0. The van der Waals surface area contributed by atoms with Crippen LogP contribution in [0.4, 0.5) is 0 Å². The topological polar surface area (TPSA) is 92.2 Å². The molecule has 5 heteroatoms. The Kier molecular flexibility index (Phi) is 98.3. The molecule has 0 N–H and O–H groups in total. The molecule has 0 aliphatic carbocycles. The molecular weight excluding hydrogens is 256 g/mol. The molecule has 0 spiro atoms. The normalized spacial score (nSPS) is 7.06. The van der Waals surface area contributed by atoms with E-state index in [4.69, 9.17) is 0 Å². The van der Waals surface area contributed by atoms with Crippen LogP contribution in [0.15, 0.2) is 0 Å². The van der Waals surface area contributed by atoms with Crippen LogP contribution >= 0.6 is 0 Å². The van der Waals surface area contributed by atoms with Crippen molar-refractivity contribution in [3.8, 4) is 0 Å². The van der Waals surface area contributed by atoms with Crippen LogP contribution in [0.3, 0.4) is 0 Å². The van der Waals surface area contributed by atoms with E-state index in [1.807, 2.05) is 27.7 Å². The first-order valence-electron chi connectivity index (χ1n) is 5.98. The maximum Gasteiger partial charge on any atom is 4.00 e. The van der Waals surface area contributed by atoms with Crippen molar-refractivity contribution < 1.29 is 42.1 Å². The molecule has 0 fully saturated rings. The van der Waals surface area contributed by atoms with Gasteiger partial charge in [0.25, 0.3) is 0 Å². The van der Waals surface area contributed by atoms with E-state index in [0.29, 0.717) is 0 Å². The van der Waals surface area contributed by atoms with Crippen LogP contribution in [-0.2, 0) is 21.7 Å². The second kappa shape index (κ2) is 54.7. The molecule has 0 heterocycles. The molecular formula is C12H28O4Ti. The largest absolute Gasteiger partial charge is 4.00 e. The van der Waals surface area contributed by atoms with Crippen molar-refractivity contribution in [1.29, 1.82) is 0 Å². The summed E-state index contributed by atoms with van der Waals surface area (Å²) in [6.45, 7) is 7.75. The van der Waals surface area contributed by atoms with Gasteiger partial charge in [-0.1, -0.05) is 53.4 Å². The minimum Gasteiger partial charge on any atom is -0.854 e. The van der Waals surface area contributed by atoms with Crippen molar-refractivity contribution in [2.45, 2.75) is 53.4 Å². The first kappa shape index (κ1) is 30.5. The molecule has 104 valence electrons. The Morgan fingerprint density at radius 3 is 0.529 bits per heavy atom. The van der Waals surface area contributed by atoms with Crippen molar-refractivity contribution >= 4 is 0 Å². The first-order chi connectivity index (χ1) is 7.66. The third kappa shape index (κ3) is 169. The van der Waals surface area contributed by atoms with Gasteiger partial charge in [0.2, 0.25) is 0 Å². The molecule has 0 bridgehead atoms. The monoisotopic (exact) mass is 284 g/mol. The zero-order valence-electron chi connectivity index (χ0n) is 11.8. The summed E-state index contributed by atoms with van der Waals surface area (Å²) in [5.74, 6) is 0. The van der Waals surface area contributed by atoms with E-state index in [-0.39, 0.29) is 48.1 Å². The fraction of sp³-hybridized carbons (Fsp3) is 1.00. The Balaban J connectivity index is -0.0000000369. The molecule has 0 amide bonds. The quantitative estimate of drug-likeness (QED) is 0.620. The van der Waals surface area contributed by atoms with Gasteiger partial charge in [-0.15, -0.1) is 26.4 Å². The molecule has 0 aliphatic rings. The van der Waals surface area contributed by atoms with Crippen molar-refractivity contribution in [1.82, 2.24) is 0 Å². The molecule has 0 saturated carbocycles. The van der Waals surface area contributed by atoms with Crippen LogP contribution in [0.2, 0.25) is 0 Å². The van der Waals surface area contributed by atoms with E-state index < -0.39 is 0 Å². The summed E-state index contributed by atoms with van der Waals surface area (Å²) in [6, 6.07) is 0. The Morgan fingerprint density at radius 1 is 0.471 bits per heavy atom. The smallest absolute Gasteiger partial charge is 0.854 e. The molecule has 0 rings (SSSR count). The number of hydrogen-bond donors (Lipinski definition) is 0. The van der Waals surface area contributed by atoms with Crippen LogP contribution in [0.5, 0.6) is 0 Å². The Bertz CT molecular complexity index is 42.5. The van der Waals surface area contributed by atoms with E-state index in [0.717, 1.165) is 25.7 Å². The fourth-order valence-electron chi connectivity index (χ4n) is 0. The van der Waals surface area contributed by atoms with Gasteiger partial charge in [0.1, 0.15) is 0 Å². The molecule has 0 aliphatic heterocycles. The van der Waals surface area contributed by atoms with Crippen molar-refractivity contribution in [3.63, 3.8) is 0 Å². The summed E-state index contributed by atoms with van der Waals surface area (Å²) >= 11 is 0. The van der Waals surface area contributed by atoms with Gasteiger partial charge < -0.3 is 20.4 Å². The van der Waals surface area contributed by atoms with Gasteiger partial charge in [-0.3, -0.25) is 0 Å². The SMILES string of the molecule is CCC[O-].CCC[O-].CCC[O-].CCC[O-].[Ti+4]. The van der Waals surface area contributed by atoms with E-state index in [1.165, 1.54) is 0 Å². The summed E-state index contributed by atoms with van der Waals surface area (Å²) in [6.07, 6.45) is 3.06. The van der Waals surface area contributed by atoms with Crippen molar-refractivity contribution in [2.24, 2.45) is 0 Å². The first-order valence-corrected chi connectivity index (χ1v) is 5.98. The van der Waals surface area contributed by atoms with Crippen LogP contribution < -0.4 is 20.4 Å². The third-order valence-electron chi connectivity index (χ3n) is 0.816. The predicted molar refractivity (Wildman–Crippen MR) is 60.6 cm³/mol. The van der Waals surface area contributed by atoms with Gasteiger partial charge in [-0.2, -0.15) is 0 Å². The second-order valence-electron chi connectivity index (χ2n) is 2.82. The van der Waals surface area contributed by atoms with Gasteiger partial charge in [-0.05, 0) is 0 Å². The Morgan fingerprint density at radius 2 is 0.529 bits per heavy atom. The Labute approximate surface area is 122 Å². The average molecular weight is 284 g/mol. The minimum atomic E-state index is 0. The molecule has 0 aromatic heterocycles. The van der Waals surface area contributed by atoms with Gasteiger partial charge in [0.15, 0.2) is 0 Å². The summed E-state index contributed by atoms with van der Waals surface area (Å²) in [5, 5.41) is 37.2. The maximum atomic E-state index is 9.30. The van der Waals surface area contributed by atoms with E-state index in [9.17, 15) is 20.4 Å². The molecule has 4 nitrogen and oxygen atoms in total. The van der Waals surface area contributed by atoms with E-state index >= 15 is 0 Å². The van der Waals surface area contributed by atoms with E-state index in [1.54, 1.807) is 0 Å². The van der Waals surface area contributed by atoms with Crippen molar-refractivity contribution in [3.05, 3.63) is 0 Å². The average Bonchev–Trinajstić information content (AvgIpc) is 2.39. The third-order valence-corrected chi connectivity index (χ3v) is 0.816. The number of rotatable bonds is 4. The zero-order valence-corrected chi connectivity index (χ0v) is 13.4. The van der Waals surface area contributed by atoms with E-state index in [2.05, 4.69) is 0 Å². The predicted octanol–water partition coefficient (Wildman–Crippen LogP) is -0.976. The molecule has 17 heavy (non-hydrogen) atoms. The fourth-order valence-corrected chi connectivity index (χ4v) is 0. The van der Waals surface area contributed by atoms with Gasteiger partial charge in [0, 0.05) is 0 Å². The zero-order chi connectivity index (χ0) is 13.7. The van der Waals surface area contributed by atoms with Gasteiger partial charge in [-0.25, -0.2) is 0 Å². The summed E-state index contributed by atoms with van der Waals surface area (Å²) in [4.78, 5) is 0. The standard InChI is InChI=1S/4C3H7O.Ti/c4*1-2-3-4;/h4*2-3H2,1H3;/q4*-1;+4. The molecule has 0 radical (unpaired) electrons. The Hall–Kier alpha value is 0.554. The molecule has 0 aromatic carbocycles. The molecule has 0 saturated heterocycles. The summed E-state index contributed by atoms with van der Waals surface area (Å²) in [7, 11) is 0. The minimum absolute atomic E-state index is 0. The molecule has 0 atom stereocenters. The van der Waals surface area contributed by atoms with Crippen LogP contribution in [-0.4, -0.2) is 26.4 Å². The maximum absolute atomic E-state index is 9.30. The van der Waals surface area contributed by atoms with Crippen LogP contribution in [0.1, 0.15) is 53.4 Å². The van der Waals surface area contributed by atoms with Gasteiger partial charge >= 0.3 is 21.7 Å². The molecule has 0 aromatic rings. The van der Waals surface area contributed by atoms with Crippen molar-refractivity contribution in [2.75, 3.05) is 26.4 Å². The second-order valence-corrected chi connectivity index (χ2v) is 2.82. The van der Waals surface area contributed by atoms with Crippen LogP contribution in [0, 0.1) is 0 Å². The molecule has 0 unspecified atom stereocenters. The summed E-state index contributed by atoms with van der Waals surface area (Å²) in [5.41, 5.74) is 0. The van der Waals surface area contributed by atoms with Crippen LogP contribution in [0.25, 0.3) is 0 Å².